The van der Waals surface area contributed by atoms with E-state index in [0.717, 1.165) is 5.75 Å². The fourth-order valence-corrected chi connectivity index (χ4v) is 11.0. The molecule has 0 saturated carbocycles. The second-order valence-corrected chi connectivity index (χ2v) is 14.0. The third-order valence-corrected chi connectivity index (χ3v) is 12.5. The average Bonchev–Trinajstić information content (AvgIpc) is 2.74. The Balaban J connectivity index is 3.31. The van der Waals surface area contributed by atoms with Crippen molar-refractivity contribution in [2.75, 3.05) is 31.8 Å². The van der Waals surface area contributed by atoms with Crippen LogP contribution in [0.4, 0.5) is 0 Å². The second kappa shape index (κ2) is 12.5. The predicted octanol–water partition coefficient (Wildman–Crippen LogP) is 7.52. The van der Waals surface area contributed by atoms with Crippen LogP contribution in [-0.2, 0) is 4.74 Å². The van der Waals surface area contributed by atoms with Crippen LogP contribution in [0.5, 0.6) is 5.75 Å². The van der Waals surface area contributed by atoms with E-state index in [1.165, 1.54) is 83.1 Å². The van der Waals surface area contributed by atoms with Gasteiger partial charge in [0.1, 0.15) is 0 Å². The Hall–Kier alpha value is -1.08. The van der Waals surface area contributed by atoms with Crippen molar-refractivity contribution in [3.05, 3.63) is 29.8 Å². The Morgan fingerprint density at radius 3 is 1.46 bits per heavy atom. The van der Waals surface area contributed by atoms with Gasteiger partial charge in [-0.05, 0) is 0 Å². The van der Waals surface area contributed by atoms with E-state index in [2.05, 4.69) is 27.7 Å². The van der Waals surface area contributed by atoms with Crippen LogP contribution in [0.15, 0.2) is 24.3 Å². The summed E-state index contributed by atoms with van der Waals surface area (Å²) in [6.45, 7) is 6.81. The molecule has 0 aromatic heterocycles. The summed E-state index contributed by atoms with van der Waals surface area (Å²) >= 11 is 0. The number of benzene rings is 1. The van der Waals surface area contributed by atoms with Crippen LogP contribution in [0, 0.1) is 0 Å². The summed E-state index contributed by atoms with van der Waals surface area (Å²) in [5, 5.41) is 0. The molecular weight excluding hydrogens is 367 g/mol. The Morgan fingerprint density at radius 1 is 0.750 bits per heavy atom. The van der Waals surface area contributed by atoms with E-state index in [-0.39, 0.29) is 5.97 Å². The topological polar surface area (TPSA) is 35.5 Å². The average molecular weight is 411 g/mol. The molecule has 0 atom stereocenters. The van der Waals surface area contributed by atoms with E-state index in [4.69, 9.17) is 9.26 Å². The molecule has 0 aliphatic rings. The number of hydrogen-bond donors (Lipinski definition) is 0. The van der Waals surface area contributed by atoms with Crippen LogP contribution in [-0.4, -0.2) is 37.7 Å². The Morgan fingerprint density at radius 2 is 1.14 bits per heavy atom. The van der Waals surface area contributed by atoms with Gasteiger partial charge in [0.2, 0.25) is 0 Å². The van der Waals surface area contributed by atoms with E-state index >= 15 is 0 Å². The zero-order valence-corrected chi connectivity index (χ0v) is 19.9. The van der Waals surface area contributed by atoms with Gasteiger partial charge in [0.05, 0.1) is 0 Å². The first-order chi connectivity index (χ1) is 13.5. The number of unbranched alkanes of at least 4 members (excludes halogenated alkanes) is 4. The fourth-order valence-electron chi connectivity index (χ4n) is 4.15. The number of ether oxygens (including phenoxy) is 1. The Labute approximate surface area is 173 Å². The molecule has 0 bridgehead atoms. The first kappa shape index (κ1) is 25.0. The summed E-state index contributed by atoms with van der Waals surface area (Å²) in [6, 6.07) is 7.63. The summed E-state index contributed by atoms with van der Waals surface area (Å²) in [7, 11) is 1.42. The number of hydrogen-bond acceptors (Lipinski definition) is 3. The van der Waals surface area contributed by atoms with Gasteiger partial charge in [-0.25, -0.2) is 0 Å². The number of esters is 1. The van der Waals surface area contributed by atoms with Crippen molar-refractivity contribution in [1.82, 2.24) is 0 Å². The van der Waals surface area contributed by atoms with Gasteiger partial charge in [0.25, 0.3) is 0 Å². The van der Waals surface area contributed by atoms with Crippen LogP contribution in [0.1, 0.15) is 89.4 Å². The first-order valence-electron chi connectivity index (χ1n) is 11.4. The van der Waals surface area contributed by atoms with Gasteiger partial charge in [0.15, 0.2) is 0 Å². The summed E-state index contributed by atoms with van der Waals surface area (Å²) in [5.74, 6) is 0.641. The minimum absolute atomic E-state index is 0.294. The molecule has 4 heteroatoms. The van der Waals surface area contributed by atoms with Gasteiger partial charge in [-0.15, -0.1) is 0 Å². The molecular formula is C24H43O3P. The quantitative estimate of drug-likeness (QED) is 0.221. The van der Waals surface area contributed by atoms with Crippen molar-refractivity contribution < 1.29 is 14.1 Å². The van der Waals surface area contributed by atoms with Crippen LogP contribution in [0.3, 0.4) is 0 Å². The molecule has 1 rings (SSSR count). The molecule has 0 amide bonds. The van der Waals surface area contributed by atoms with E-state index in [0.29, 0.717) is 5.56 Å². The van der Waals surface area contributed by atoms with Crippen molar-refractivity contribution >= 4 is 12.8 Å². The first-order valence-corrected chi connectivity index (χ1v) is 14.3. The van der Waals surface area contributed by atoms with Crippen molar-refractivity contribution in [2.45, 2.75) is 79.1 Å². The summed E-state index contributed by atoms with van der Waals surface area (Å²) in [5.41, 5.74) is 0.583. The van der Waals surface area contributed by atoms with E-state index in [9.17, 15) is 4.79 Å². The molecule has 0 unspecified atom stereocenters. The van der Waals surface area contributed by atoms with E-state index in [1.54, 1.807) is 0 Å². The van der Waals surface area contributed by atoms with Crippen LogP contribution in [0.2, 0.25) is 0 Å². The molecule has 3 nitrogen and oxygen atoms in total. The molecule has 1 aromatic carbocycles. The van der Waals surface area contributed by atoms with Crippen LogP contribution < -0.4 is 4.52 Å². The molecule has 0 heterocycles. The molecule has 0 fully saturated rings. The number of carbonyl (C=O) groups excluding carboxylic acids is 1. The molecule has 0 radical (unpaired) electrons. The molecule has 162 valence electrons. The maximum atomic E-state index is 11.8. The maximum absolute atomic E-state index is 11.8. The van der Waals surface area contributed by atoms with Gasteiger partial charge in [-0.3, -0.25) is 0 Å². The third kappa shape index (κ3) is 7.07. The fraction of sp³-hybridized carbons (Fsp3) is 0.708. The molecule has 0 saturated heterocycles. The van der Waals surface area contributed by atoms with Gasteiger partial charge < -0.3 is 0 Å². The molecule has 1 aromatic rings. The van der Waals surface area contributed by atoms with Gasteiger partial charge >= 0.3 is 173 Å². The third-order valence-electron chi connectivity index (χ3n) is 5.95. The van der Waals surface area contributed by atoms with Crippen molar-refractivity contribution in [3.8, 4) is 5.75 Å². The zero-order valence-electron chi connectivity index (χ0n) is 19.0. The molecule has 0 aliphatic heterocycles. The minimum atomic E-state index is -2.34. The molecule has 28 heavy (non-hydrogen) atoms. The number of rotatable bonds is 15. The normalized spacial score (nSPS) is 13.0. The van der Waals surface area contributed by atoms with Crippen molar-refractivity contribution in [2.24, 2.45) is 0 Å². The number of carbonyl (C=O) groups is 1. The van der Waals surface area contributed by atoms with Gasteiger partial charge in [-0.1, -0.05) is 0 Å². The summed E-state index contributed by atoms with van der Waals surface area (Å²) < 4.78 is 12.0. The summed E-state index contributed by atoms with van der Waals surface area (Å²) in [4.78, 5) is 11.8. The van der Waals surface area contributed by atoms with E-state index in [1.807, 2.05) is 24.3 Å². The second-order valence-electron chi connectivity index (χ2n) is 8.27. The predicted molar refractivity (Wildman–Crippen MR) is 124 cm³/mol. The van der Waals surface area contributed by atoms with Crippen molar-refractivity contribution in [3.63, 3.8) is 0 Å². The van der Waals surface area contributed by atoms with Crippen molar-refractivity contribution in [1.29, 1.82) is 0 Å². The van der Waals surface area contributed by atoms with Gasteiger partial charge in [-0.2, -0.15) is 0 Å². The van der Waals surface area contributed by atoms with E-state index < -0.39 is 6.83 Å². The zero-order chi connectivity index (χ0) is 20.9. The van der Waals surface area contributed by atoms with Crippen LogP contribution >= 0.6 is 6.83 Å². The molecule has 0 aliphatic carbocycles. The molecule has 0 spiro atoms. The Kier molecular flexibility index (Phi) is 11.1. The SMILES string of the molecule is CCCCP(CCCC)(CCCC)(CCCC)Oc1ccc(C(=O)OC)cc1. The summed E-state index contributed by atoms with van der Waals surface area (Å²) in [6.07, 6.45) is 14.8. The van der Waals surface area contributed by atoms with Crippen LogP contribution in [0.25, 0.3) is 0 Å². The monoisotopic (exact) mass is 410 g/mol. The number of methoxy groups -OCH3 is 1. The molecule has 0 N–H and O–H groups in total. The standard InChI is InChI=1S/C24H43O3P/c1-6-10-18-28(19-11-7-2,20-12-8-3,21-13-9-4)27-23-16-14-22(15-17-23)24(25)26-5/h14-17H,6-13,18-21H2,1-5H3. The van der Waals surface area contributed by atoms with Gasteiger partial charge in [0, 0.05) is 0 Å². The Bertz CT molecular complexity index is 524.